The maximum absolute atomic E-state index is 12.5. The van der Waals surface area contributed by atoms with E-state index < -0.39 is 30.0 Å². The molecular formula is C16H17F3N4O4. The van der Waals surface area contributed by atoms with Crippen LogP contribution in [0.1, 0.15) is 35.0 Å². The first-order valence-corrected chi connectivity index (χ1v) is 8.13. The summed E-state index contributed by atoms with van der Waals surface area (Å²) >= 11 is 0. The average molecular weight is 386 g/mol. The van der Waals surface area contributed by atoms with Gasteiger partial charge < -0.3 is 19.3 Å². The number of ether oxygens (including phenoxy) is 1. The first-order valence-electron chi connectivity index (χ1n) is 8.13. The molecule has 1 saturated heterocycles. The average Bonchev–Trinajstić information content (AvgIpc) is 3.09. The highest BCUT2D eigenvalue weighted by Gasteiger charge is 2.42. The molecule has 1 N–H and O–H groups in total. The number of alkyl halides is 3. The number of rotatable bonds is 5. The highest BCUT2D eigenvalue weighted by Crippen LogP contribution is 2.36. The second kappa shape index (κ2) is 7.14. The second-order valence-electron chi connectivity index (χ2n) is 6.18. The molecule has 1 aliphatic heterocycles. The van der Waals surface area contributed by atoms with E-state index in [0.29, 0.717) is 31.7 Å². The van der Waals surface area contributed by atoms with Crippen LogP contribution in [0.25, 0.3) is 0 Å². The molecule has 0 aromatic carbocycles. The largest absolute Gasteiger partial charge is 0.477 e. The van der Waals surface area contributed by atoms with Crippen LogP contribution in [-0.2, 0) is 16.8 Å². The van der Waals surface area contributed by atoms with Crippen LogP contribution in [0.3, 0.4) is 0 Å². The number of aromatic carboxylic acids is 1. The normalized spacial score (nSPS) is 17.1. The van der Waals surface area contributed by atoms with E-state index >= 15 is 0 Å². The maximum atomic E-state index is 12.5. The number of carbonyl (C=O) groups is 1. The number of hydrogen-bond donors (Lipinski definition) is 1. The van der Waals surface area contributed by atoms with Gasteiger partial charge in [0.15, 0.2) is 11.5 Å². The van der Waals surface area contributed by atoms with Crippen molar-refractivity contribution in [3.05, 3.63) is 35.6 Å². The number of aromatic nitrogens is 3. The molecule has 0 radical (unpaired) electrons. The lowest BCUT2D eigenvalue weighted by molar-refractivity contribution is -0.128. The van der Waals surface area contributed by atoms with Gasteiger partial charge >= 0.3 is 12.1 Å². The highest BCUT2D eigenvalue weighted by atomic mass is 19.4. The number of hydrogen-bond acceptors (Lipinski definition) is 7. The standard InChI is InChI=1S/C16H17F3N4O4/c1-26-15(14-21-11(22-27-14)9-16(17,18)19)5-7-23(8-6-15)12-4-2-3-10(20-12)13(24)25/h2-4H,5-9H2,1H3,(H,24,25). The lowest BCUT2D eigenvalue weighted by Gasteiger charge is -2.38. The molecule has 3 rings (SSSR count). The molecule has 2 aromatic heterocycles. The number of nitrogens with zero attached hydrogens (tertiary/aromatic N) is 4. The Balaban J connectivity index is 1.74. The zero-order valence-corrected chi connectivity index (χ0v) is 14.4. The Morgan fingerprint density at radius 3 is 2.63 bits per heavy atom. The predicted molar refractivity (Wildman–Crippen MR) is 85.4 cm³/mol. The maximum Gasteiger partial charge on any atom is 0.396 e. The summed E-state index contributed by atoms with van der Waals surface area (Å²) in [6.07, 6.45) is -4.95. The number of carboxylic acids is 1. The van der Waals surface area contributed by atoms with Crippen LogP contribution in [0.5, 0.6) is 0 Å². The Morgan fingerprint density at radius 1 is 1.33 bits per heavy atom. The lowest BCUT2D eigenvalue weighted by atomic mass is 9.91. The van der Waals surface area contributed by atoms with E-state index in [1.807, 2.05) is 4.90 Å². The minimum absolute atomic E-state index is 0.0103. The fourth-order valence-corrected chi connectivity index (χ4v) is 3.01. The molecule has 27 heavy (non-hydrogen) atoms. The quantitative estimate of drug-likeness (QED) is 0.836. The second-order valence-corrected chi connectivity index (χ2v) is 6.18. The third-order valence-electron chi connectivity index (χ3n) is 4.46. The van der Waals surface area contributed by atoms with Crippen LogP contribution >= 0.6 is 0 Å². The van der Waals surface area contributed by atoms with Gasteiger partial charge in [0.2, 0.25) is 0 Å². The Bertz CT molecular complexity index is 816. The van der Waals surface area contributed by atoms with Gasteiger partial charge in [-0.25, -0.2) is 9.78 Å². The monoisotopic (exact) mass is 386 g/mol. The molecule has 8 nitrogen and oxygen atoms in total. The van der Waals surface area contributed by atoms with Crippen LogP contribution < -0.4 is 4.90 Å². The summed E-state index contributed by atoms with van der Waals surface area (Å²) < 4.78 is 48.0. The smallest absolute Gasteiger partial charge is 0.396 e. The van der Waals surface area contributed by atoms with Gasteiger partial charge in [-0.05, 0) is 12.1 Å². The van der Waals surface area contributed by atoms with E-state index in [9.17, 15) is 18.0 Å². The van der Waals surface area contributed by atoms with Crippen molar-refractivity contribution in [3.8, 4) is 0 Å². The fraction of sp³-hybridized carbons (Fsp3) is 0.500. The Labute approximate surface area is 151 Å². The van der Waals surface area contributed by atoms with Crippen molar-refractivity contribution in [1.29, 1.82) is 0 Å². The lowest BCUT2D eigenvalue weighted by Crippen LogP contribution is -2.44. The minimum Gasteiger partial charge on any atom is -0.477 e. The molecule has 3 heterocycles. The summed E-state index contributed by atoms with van der Waals surface area (Å²) in [4.78, 5) is 20.9. The summed E-state index contributed by atoms with van der Waals surface area (Å²) in [6.45, 7) is 0.863. The van der Waals surface area contributed by atoms with Crippen molar-refractivity contribution < 1.29 is 32.3 Å². The van der Waals surface area contributed by atoms with Crippen molar-refractivity contribution in [2.75, 3.05) is 25.1 Å². The van der Waals surface area contributed by atoms with Gasteiger partial charge in [0, 0.05) is 33.0 Å². The number of methoxy groups -OCH3 is 1. The van der Waals surface area contributed by atoms with Crippen molar-refractivity contribution >= 4 is 11.8 Å². The van der Waals surface area contributed by atoms with Crippen molar-refractivity contribution in [2.45, 2.75) is 31.0 Å². The Hall–Kier alpha value is -2.69. The van der Waals surface area contributed by atoms with Gasteiger partial charge in [0.05, 0.1) is 0 Å². The Morgan fingerprint density at radius 2 is 2.04 bits per heavy atom. The molecule has 0 amide bonds. The first kappa shape index (κ1) is 19.1. The molecule has 0 saturated carbocycles. The summed E-state index contributed by atoms with van der Waals surface area (Å²) in [7, 11) is 1.44. The van der Waals surface area contributed by atoms with E-state index in [1.54, 1.807) is 12.1 Å². The SMILES string of the molecule is COC1(c2nc(CC(F)(F)F)no2)CCN(c2cccc(C(=O)O)n2)CC1. The molecule has 11 heteroatoms. The molecule has 146 valence electrons. The first-order chi connectivity index (χ1) is 12.7. The predicted octanol–water partition coefficient (Wildman–Crippen LogP) is 2.41. The zero-order chi connectivity index (χ0) is 19.7. The molecule has 0 spiro atoms. The van der Waals surface area contributed by atoms with Gasteiger partial charge in [-0.15, -0.1) is 0 Å². The van der Waals surface area contributed by atoms with Crippen LogP contribution in [0.15, 0.2) is 22.7 Å². The third kappa shape index (κ3) is 4.18. The highest BCUT2D eigenvalue weighted by molar-refractivity contribution is 5.85. The van der Waals surface area contributed by atoms with Crippen LogP contribution in [0.2, 0.25) is 0 Å². The van der Waals surface area contributed by atoms with Gasteiger partial charge in [-0.3, -0.25) is 0 Å². The van der Waals surface area contributed by atoms with Crippen molar-refractivity contribution in [3.63, 3.8) is 0 Å². The molecule has 0 bridgehead atoms. The molecular weight excluding hydrogens is 369 g/mol. The summed E-state index contributed by atoms with van der Waals surface area (Å²) in [5.41, 5.74) is -1.05. The van der Waals surface area contributed by atoms with Crippen molar-refractivity contribution in [2.24, 2.45) is 0 Å². The van der Waals surface area contributed by atoms with Crippen molar-refractivity contribution in [1.82, 2.24) is 15.1 Å². The number of halogens is 3. The van der Waals surface area contributed by atoms with E-state index in [4.69, 9.17) is 14.4 Å². The number of carboxylic acid groups (broad SMARTS) is 1. The molecule has 1 aliphatic rings. The van der Waals surface area contributed by atoms with Gasteiger partial charge in [-0.1, -0.05) is 11.2 Å². The van der Waals surface area contributed by atoms with Crippen LogP contribution in [0.4, 0.5) is 19.0 Å². The van der Waals surface area contributed by atoms with Gasteiger partial charge in [0.25, 0.3) is 5.89 Å². The number of pyridine rings is 1. The fourth-order valence-electron chi connectivity index (χ4n) is 3.01. The third-order valence-corrected chi connectivity index (χ3v) is 4.46. The zero-order valence-electron chi connectivity index (χ0n) is 14.4. The summed E-state index contributed by atoms with van der Waals surface area (Å²) in [5.74, 6) is -1.05. The van der Waals surface area contributed by atoms with Gasteiger partial charge in [-0.2, -0.15) is 18.2 Å². The van der Waals surface area contributed by atoms with Gasteiger partial charge in [0.1, 0.15) is 17.8 Å². The Kier molecular flexibility index (Phi) is 5.05. The summed E-state index contributed by atoms with van der Waals surface area (Å²) in [5, 5.41) is 12.5. The van der Waals surface area contributed by atoms with E-state index in [0.717, 1.165) is 0 Å². The molecule has 1 fully saturated rings. The van der Waals surface area contributed by atoms with E-state index in [-0.39, 0.29) is 11.6 Å². The van der Waals surface area contributed by atoms with E-state index in [2.05, 4.69) is 15.1 Å². The number of anilines is 1. The molecule has 2 aromatic rings. The molecule has 0 unspecified atom stereocenters. The topological polar surface area (TPSA) is 102 Å². The van der Waals surface area contributed by atoms with E-state index in [1.165, 1.54) is 13.2 Å². The molecule has 0 atom stereocenters. The number of piperidine rings is 1. The van der Waals surface area contributed by atoms with Crippen LogP contribution in [0, 0.1) is 0 Å². The minimum atomic E-state index is -4.43. The molecule has 0 aliphatic carbocycles. The summed E-state index contributed by atoms with van der Waals surface area (Å²) in [6, 6.07) is 4.70. The van der Waals surface area contributed by atoms with Crippen LogP contribution in [-0.4, -0.2) is 52.6 Å².